The van der Waals surface area contributed by atoms with E-state index >= 15 is 0 Å². The number of hydrogen-bond acceptors (Lipinski definition) is 1. The smallest absolute Gasteiger partial charge is 0.0404 e. The normalized spacial score (nSPS) is 20.4. The van der Waals surface area contributed by atoms with Crippen LogP contribution < -0.4 is 4.90 Å². The molecule has 1 heteroatoms. The van der Waals surface area contributed by atoms with Gasteiger partial charge in [0.1, 0.15) is 0 Å². The van der Waals surface area contributed by atoms with Gasteiger partial charge in [0.2, 0.25) is 0 Å². The standard InChI is InChI=1S/C15H23N/c1-11(2)16-13-9-7-6-8-12(13)10-14(16)15(3,4)5/h6-9,11,14H,10H2,1-5H3. The Kier molecular flexibility index (Phi) is 2.73. The van der Waals surface area contributed by atoms with Gasteiger partial charge in [0.25, 0.3) is 0 Å². The highest BCUT2D eigenvalue weighted by Gasteiger charge is 2.37. The van der Waals surface area contributed by atoms with Gasteiger partial charge in [-0.2, -0.15) is 0 Å². The van der Waals surface area contributed by atoms with E-state index < -0.39 is 0 Å². The van der Waals surface area contributed by atoms with Crippen LogP contribution in [0.3, 0.4) is 0 Å². The largest absolute Gasteiger partial charge is 0.365 e. The number of rotatable bonds is 1. The van der Waals surface area contributed by atoms with Crippen LogP contribution in [0, 0.1) is 5.41 Å². The summed E-state index contributed by atoms with van der Waals surface area (Å²) in [6.07, 6.45) is 1.19. The zero-order chi connectivity index (χ0) is 11.9. The molecular weight excluding hydrogens is 194 g/mol. The summed E-state index contributed by atoms with van der Waals surface area (Å²) in [6.45, 7) is 11.6. The van der Waals surface area contributed by atoms with E-state index in [1.165, 1.54) is 17.7 Å². The summed E-state index contributed by atoms with van der Waals surface area (Å²) in [4.78, 5) is 2.59. The minimum Gasteiger partial charge on any atom is -0.365 e. The summed E-state index contributed by atoms with van der Waals surface area (Å²) in [6, 6.07) is 10.1. The Morgan fingerprint density at radius 3 is 2.38 bits per heavy atom. The zero-order valence-electron chi connectivity index (χ0n) is 11.1. The highest BCUT2D eigenvalue weighted by atomic mass is 15.2. The fourth-order valence-corrected chi connectivity index (χ4v) is 2.77. The molecule has 16 heavy (non-hydrogen) atoms. The summed E-state index contributed by atoms with van der Waals surface area (Å²) < 4.78 is 0. The van der Waals surface area contributed by atoms with E-state index in [1.54, 1.807) is 0 Å². The molecule has 0 amide bonds. The average Bonchev–Trinajstić information content (AvgIpc) is 2.55. The summed E-state index contributed by atoms with van der Waals surface area (Å²) in [5, 5.41) is 0. The summed E-state index contributed by atoms with van der Waals surface area (Å²) in [7, 11) is 0. The minimum atomic E-state index is 0.337. The molecule has 0 bridgehead atoms. The predicted molar refractivity (Wildman–Crippen MR) is 71.0 cm³/mol. The molecular formula is C15H23N. The van der Waals surface area contributed by atoms with Crippen LogP contribution in [0.25, 0.3) is 0 Å². The molecule has 1 unspecified atom stereocenters. The van der Waals surface area contributed by atoms with Crippen molar-refractivity contribution in [1.82, 2.24) is 0 Å². The fraction of sp³-hybridized carbons (Fsp3) is 0.600. The SMILES string of the molecule is CC(C)N1c2ccccc2CC1C(C)(C)C. The van der Waals surface area contributed by atoms with Gasteiger partial charge in [-0.1, -0.05) is 39.0 Å². The molecule has 0 fully saturated rings. The van der Waals surface area contributed by atoms with Crippen molar-refractivity contribution in [2.24, 2.45) is 5.41 Å². The van der Waals surface area contributed by atoms with Crippen LogP contribution in [-0.2, 0) is 6.42 Å². The third-order valence-electron chi connectivity index (χ3n) is 3.57. The molecule has 0 aliphatic carbocycles. The molecule has 1 heterocycles. The summed E-state index contributed by atoms with van der Waals surface area (Å²) >= 11 is 0. The van der Waals surface area contributed by atoms with Crippen LogP contribution in [-0.4, -0.2) is 12.1 Å². The third kappa shape index (κ3) is 1.83. The zero-order valence-corrected chi connectivity index (χ0v) is 11.1. The number of anilines is 1. The lowest BCUT2D eigenvalue weighted by Crippen LogP contribution is -2.45. The van der Waals surface area contributed by atoms with Crippen molar-refractivity contribution in [2.75, 3.05) is 4.90 Å². The molecule has 1 atom stereocenters. The van der Waals surface area contributed by atoms with Crippen LogP contribution in [0.4, 0.5) is 5.69 Å². The lowest BCUT2D eigenvalue weighted by molar-refractivity contribution is 0.302. The number of hydrogen-bond donors (Lipinski definition) is 0. The van der Waals surface area contributed by atoms with E-state index in [1.807, 2.05) is 0 Å². The van der Waals surface area contributed by atoms with Gasteiger partial charge in [-0.15, -0.1) is 0 Å². The first-order chi connectivity index (χ1) is 7.41. The molecule has 0 saturated heterocycles. The fourth-order valence-electron chi connectivity index (χ4n) is 2.77. The van der Waals surface area contributed by atoms with Crippen LogP contribution in [0.1, 0.15) is 40.2 Å². The van der Waals surface area contributed by atoms with Gasteiger partial charge in [0, 0.05) is 17.8 Å². The highest BCUT2D eigenvalue weighted by Crippen LogP contribution is 2.40. The molecule has 1 nitrogen and oxygen atoms in total. The monoisotopic (exact) mass is 217 g/mol. The number of nitrogens with zero attached hydrogens (tertiary/aromatic N) is 1. The van der Waals surface area contributed by atoms with Gasteiger partial charge in [-0.25, -0.2) is 0 Å². The molecule has 0 radical (unpaired) electrons. The Labute approximate surface area is 99.5 Å². The molecule has 88 valence electrons. The van der Waals surface area contributed by atoms with Crippen molar-refractivity contribution in [1.29, 1.82) is 0 Å². The predicted octanol–water partition coefficient (Wildman–Crippen LogP) is 3.87. The first-order valence-electron chi connectivity index (χ1n) is 6.27. The molecule has 1 aliphatic rings. The van der Waals surface area contributed by atoms with Crippen LogP contribution in [0.2, 0.25) is 0 Å². The van der Waals surface area contributed by atoms with Crippen molar-refractivity contribution in [3.05, 3.63) is 29.8 Å². The van der Waals surface area contributed by atoms with Crippen LogP contribution >= 0.6 is 0 Å². The van der Waals surface area contributed by atoms with Crippen molar-refractivity contribution in [3.8, 4) is 0 Å². The van der Waals surface area contributed by atoms with Crippen LogP contribution in [0.15, 0.2) is 24.3 Å². The first-order valence-corrected chi connectivity index (χ1v) is 6.27. The maximum Gasteiger partial charge on any atom is 0.0404 e. The van der Waals surface area contributed by atoms with E-state index in [-0.39, 0.29) is 0 Å². The molecule has 0 saturated carbocycles. The maximum absolute atomic E-state index is 2.59. The third-order valence-corrected chi connectivity index (χ3v) is 3.57. The van der Waals surface area contributed by atoms with Crippen molar-refractivity contribution >= 4 is 5.69 Å². The number of para-hydroxylation sites is 1. The lowest BCUT2D eigenvalue weighted by Gasteiger charge is -2.39. The Balaban J connectivity index is 2.42. The molecule has 1 aromatic rings. The summed E-state index contributed by atoms with van der Waals surface area (Å²) in [5.41, 5.74) is 3.29. The second-order valence-corrected chi connectivity index (χ2v) is 6.22. The van der Waals surface area contributed by atoms with Gasteiger partial charge in [-0.05, 0) is 37.3 Å². The average molecular weight is 217 g/mol. The second-order valence-electron chi connectivity index (χ2n) is 6.22. The van der Waals surface area contributed by atoms with Gasteiger partial charge < -0.3 is 4.90 Å². The van der Waals surface area contributed by atoms with E-state index in [0.29, 0.717) is 17.5 Å². The van der Waals surface area contributed by atoms with Gasteiger partial charge in [0.15, 0.2) is 0 Å². The van der Waals surface area contributed by atoms with E-state index in [2.05, 4.69) is 63.8 Å². The van der Waals surface area contributed by atoms with E-state index in [9.17, 15) is 0 Å². The molecule has 0 spiro atoms. The number of benzene rings is 1. The summed E-state index contributed by atoms with van der Waals surface area (Å²) in [5.74, 6) is 0. The van der Waals surface area contributed by atoms with Crippen molar-refractivity contribution in [3.63, 3.8) is 0 Å². The highest BCUT2D eigenvalue weighted by molar-refractivity contribution is 5.60. The molecule has 1 aliphatic heterocycles. The van der Waals surface area contributed by atoms with Crippen molar-refractivity contribution < 1.29 is 0 Å². The van der Waals surface area contributed by atoms with Gasteiger partial charge >= 0.3 is 0 Å². The number of fused-ring (bicyclic) bond motifs is 1. The van der Waals surface area contributed by atoms with E-state index in [0.717, 1.165) is 0 Å². The lowest BCUT2D eigenvalue weighted by atomic mass is 9.84. The minimum absolute atomic E-state index is 0.337. The van der Waals surface area contributed by atoms with Crippen molar-refractivity contribution in [2.45, 2.75) is 53.1 Å². The maximum atomic E-state index is 2.59. The van der Waals surface area contributed by atoms with Gasteiger partial charge in [0.05, 0.1) is 0 Å². The Bertz CT molecular complexity index is 373. The molecule has 1 aromatic carbocycles. The molecule has 0 aromatic heterocycles. The Morgan fingerprint density at radius 2 is 1.81 bits per heavy atom. The first kappa shape index (κ1) is 11.5. The topological polar surface area (TPSA) is 3.24 Å². The van der Waals surface area contributed by atoms with Crippen LogP contribution in [0.5, 0.6) is 0 Å². The van der Waals surface area contributed by atoms with Gasteiger partial charge in [-0.3, -0.25) is 0 Å². The second kappa shape index (κ2) is 3.80. The quantitative estimate of drug-likeness (QED) is 0.690. The Hall–Kier alpha value is -0.980. The Morgan fingerprint density at radius 1 is 1.19 bits per heavy atom. The molecule has 0 N–H and O–H groups in total. The molecule has 2 rings (SSSR count). The van der Waals surface area contributed by atoms with E-state index in [4.69, 9.17) is 0 Å².